The summed E-state index contributed by atoms with van der Waals surface area (Å²) in [6.45, 7) is 2.53. The van der Waals surface area contributed by atoms with E-state index in [-0.39, 0.29) is 63.5 Å². The van der Waals surface area contributed by atoms with Crippen molar-refractivity contribution in [1.29, 1.82) is 0 Å². The molecule has 4 aromatic heterocycles. The van der Waals surface area contributed by atoms with Crippen LogP contribution < -0.4 is 21.3 Å². The molecular weight excluding hydrogens is 1040 g/mol. The highest BCUT2D eigenvalue weighted by Crippen LogP contribution is 2.33. The Morgan fingerprint density at radius 1 is 0.615 bits per heavy atom. The van der Waals surface area contributed by atoms with Crippen molar-refractivity contribution in [3.05, 3.63) is 165 Å². The molecule has 0 saturated heterocycles. The average molecular weight is 1090 g/mol. The maximum Gasteiger partial charge on any atom is 0.390 e. The zero-order valence-corrected chi connectivity index (χ0v) is 41.3. The van der Waals surface area contributed by atoms with Crippen LogP contribution in [0.3, 0.4) is 0 Å². The van der Waals surface area contributed by atoms with Gasteiger partial charge in [-0.05, 0) is 105 Å². The molecule has 2 saturated carbocycles. The van der Waals surface area contributed by atoms with E-state index >= 15 is 0 Å². The number of ketones is 1. The molecule has 24 heteroatoms. The molecule has 0 spiro atoms. The fourth-order valence-electron chi connectivity index (χ4n) is 8.38. The predicted molar refractivity (Wildman–Crippen MR) is 266 cm³/mol. The number of alkyl halides is 6. The lowest BCUT2D eigenvalue weighted by Gasteiger charge is -2.16. The number of carbonyl (C=O) groups excluding carboxylic acids is 3. The molecule has 2 aliphatic carbocycles. The minimum atomic E-state index is -4.43. The third-order valence-electron chi connectivity index (χ3n) is 12.7. The van der Waals surface area contributed by atoms with E-state index in [9.17, 15) is 63.4 Å². The summed E-state index contributed by atoms with van der Waals surface area (Å²) in [5.74, 6) is -6.36. The number of imidazole rings is 2. The number of nitrogens with zero attached hydrogens (tertiary/aromatic N) is 6. The molecule has 1 atom stereocenters. The smallest absolute Gasteiger partial charge is 0.382 e. The first kappa shape index (κ1) is 54.4. The second-order valence-electron chi connectivity index (χ2n) is 18.8. The predicted octanol–water partition coefficient (Wildman–Crippen LogP) is 10.8. The topological polar surface area (TPSA) is 180 Å². The number of aromatic nitrogens is 6. The van der Waals surface area contributed by atoms with Gasteiger partial charge in [0.25, 0.3) is 11.8 Å². The second-order valence-corrected chi connectivity index (χ2v) is 18.8. The highest BCUT2D eigenvalue weighted by atomic mass is 19.4. The van der Waals surface area contributed by atoms with Crippen LogP contribution in [0.2, 0.25) is 0 Å². The summed E-state index contributed by atoms with van der Waals surface area (Å²) in [4.78, 5) is 46.8. The molecule has 2 aliphatic rings. The fraction of sp³-hybridized carbons (Fsp3) is 0.278. The summed E-state index contributed by atoms with van der Waals surface area (Å²) in [5.41, 5.74) is 3.30. The second kappa shape index (κ2) is 21.9. The van der Waals surface area contributed by atoms with E-state index in [1.165, 1.54) is 45.7 Å². The van der Waals surface area contributed by atoms with Gasteiger partial charge in [0.1, 0.15) is 11.8 Å². The van der Waals surface area contributed by atoms with Gasteiger partial charge in [0, 0.05) is 53.0 Å². The zero-order chi connectivity index (χ0) is 55.8. The fourth-order valence-corrected chi connectivity index (χ4v) is 8.38. The Bertz CT molecular complexity index is 3610. The first-order valence-corrected chi connectivity index (χ1v) is 24.4. The van der Waals surface area contributed by atoms with Crippen LogP contribution in [-0.4, -0.2) is 89.4 Å². The number of hydrogen-bond donors (Lipinski definition) is 5. The maximum absolute atomic E-state index is 14.4. The van der Waals surface area contributed by atoms with Crippen molar-refractivity contribution in [3.8, 4) is 22.5 Å². The summed E-state index contributed by atoms with van der Waals surface area (Å²) in [6, 6.07) is 19.3. The minimum absolute atomic E-state index is 0.0535. The van der Waals surface area contributed by atoms with E-state index in [4.69, 9.17) is 0 Å². The van der Waals surface area contributed by atoms with Crippen LogP contribution in [0.1, 0.15) is 104 Å². The van der Waals surface area contributed by atoms with Gasteiger partial charge in [0.2, 0.25) is 5.78 Å². The molecule has 78 heavy (non-hydrogen) atoms. The van der Waals surface area contributed by atoms with Crippen molar-refractivity contribution in [2.75, 3.05) is 23.7 Å². The quantitative estimate of drug-likeness (QED) is 0.0462. The number of rotatable bonds is 16. The van der Waals surface area contributed by atoms with Gasteiger partial charge in [0.05, 0.1) is 59.3 Å². The zero-order valence-electron chi connectivity index (χ0n) is 41.3. The van der Waals surface area contributed by atoms with Crippen LogP contribution in [0.5, 0.6) is 0 Å². The van der Waals surface area contributed by atoms with E-state index in [1.807, 2.05) is 0 Å². The first-order valence-electron chi connectivity index (χ1n) is 24.4. The largest absolute Gasteiger partial charge is 0.390 e. The maximum atomic E-state index is 14.4. The summed E-state index contributed by atoms with van der Waals surface area (Å²) in [5, 5.41) is 30.7. The molecule has 5 N–H and O–H groups in total. The van der Waals surface area contributed by atoms with Crippen LogP contribution in [0, 0.1) is 37.1 Å². The molecule has 8 aromatic rings. The van der Waals surface area contributed by atoms with E-state index in [1.54, 1.807) is 50.2 Å². The van der Waals surface area contributed by atoms with Gasteiger partial charge in [0.15, 0.2) is 34.6 Å². The Morgan fingerprint density at radius 3 is 1.58 bits per heavy atom. The van der Waals surface area contributed by atoms with Crippen molar-refractivity contribution in [2.24, 2.45) is 0 Å². The van der Waals surface area contributed by atoms with Crippen LogP contribution in [0.4, 0.5) is 55.3 Å². The van der Waals surface area contributed by atoms with E-state index in [0.717, 1.165) is 49.9 Å². The monoisotopic (exact) mass is 1090 g/mol. The number of benzene rings is 4. The van der Waals surface area contributed by atoms with Crippen molar-refractivity contribution >= 4 is 40.3 Å². The molecule has 10 rings (SSSR count). The average Bonchev–Trinajstić information content (AvgIpc) is 4.33. The van der Waals surface area contributed by atoms with E-state index < -0.39 is 79.0 Å². The number of amides is 2. The number of fused-ring (bicyclic) bond motifs is 2. The summed E-state index contributed by atoms with van der Waals surface area (Å²) < 4.78 is 136. The van der Waals surface area contributed by atoms with Crippen molar-refractivity contribution in [2.45, 2.75) is 82.9 Å². The van der Waals surface area contributed by atoms with Gasteiger partial charge >= 0.3 is 12.4 Å². The SMILES string of the molecule is Cc1cc(-c2cnc3c(NCCC(F)(F)F)cc(C(=O)c4cccc(F)c4F)nn23)ccc1C(=O)NC1CC1.Cc1cc(-c2cnc3c(NCCC(F)(F)F)cc(C(O)c4cccc(F)c4F)nn23)ccc1C(=O)NC1CC1. The van der Waals surface area contributed by atoms with Gasteiger partial charge in [-0.2, -0.15) is 36.5 Å². The Balaban J connectivity index is 0.000000190. The highest BCUT2D eigenvalue weighted by molar-refractivity contribution is 6.08. The molecule has 0 radical (unpaired) electrons. The van der Waals surface area contributed by atoms with Crippen LogP contribution in [0.25, 0.3) is 33.8 Å². The molecule has 406 valence electrons. The van der Waals surface area contributed by atoms with E-state index in [2.05, 4.69) is 41.4 Å². The number of carbonyl (C=O) groups is 3. The summed E-state index contributed by atoms with van der Waals surface area (Å²) in [6.07, 6.45) is -6.18. The number of halogens is 10. The van der Waals surface area contributed by atoms with Gasteiger partial charge in [-0.25, -0.2) is 36.6 Å². The normalized spacial score (nSPS) is 14.0. The lowest BCUT2D eigenvalue weighted by Crippen LogP contribution is -2.26. The molecule has 0 bridgehead atoms. The van der Waals surface area contributed by atoms with E-state index in [0.29, 0.717) is 44.8 Å². The lowest BCUT2D eigenvalue weighted by molar-refractivity contribution is -0.132. The summed E-state index contributed by atoms with van der Waals surface area (Å²) >= 11 is 0. The summed E-state index contributed by atoms with van der Waals surface area (Å²) in [7, 11) is 0. The molecule has 14 nitrogen and oxygen atoms in total. The molecular formula is C54H46F10N10O4. The Hall–Kier alpha value is -8.41. The standard InChI is InChI=1S/C27H24F5N5O2.C27H22F5N5O2/c2*1-14-11-15(5-8-17(14)26(39)35-16-6-7-16)22-13-34-25-21(33-10-9-27(30,31)32)12-20(36-37(22)25)24(38)18-3-2-4-19(28)23(18)29/h2-5,8,11-13,16,24,33,38H,6-7,9-10H2,1H3,(H,35,39);2-5,8,11-13,16,33H,6-7,9-10H2,1H3,(H,35,39). The number of anilines is 2. The van der Waals surface area contributed by atoms with Gasteiger partial charge in [-0.15, -0.1) is 0 Å². The molecule has 4 heterocycles. The van der Waals surface area contributed by atoms with Crippen molar-refractivity contribution in [1.82, 2.24) is 39.8 Å². The van der Waals surface area contributed by atoms with Gasteiger partial charge in [-0.3, -0.25) is 14.4 Å². The minimum Gasteiger partial charge on any atom is -0.382 e. The number of nitrogens with one attached hydrogen (secondary N) is 4. The van der Waals surface area contributed by atoms with Crippen molar-refractivity contribution in [3.63, 3.8) is 0 Å². The number of aryl methyl sites for hydroxylation is 2. The molecule has 0 aliphatic heterocycles. The number of aliphatic hydroxyl groups is 1. The molecule has 2 amide bonds. The van der Waals surface area contributed by atoms with Crippen molar-refractivity contribution < 1.29 is 63.4 Å². The highest BCUT2D eigenvalue weighted by Gasteiger charge is 2.30. The Labute approximate surface area is 436 Å². The van der Waals surface area contributed by atoms with Gasteiger partial charge < -0.3 is 26.4 Å². The Morgan fingerprint density at radius 2 is 1.09 bits per heavy atom. The number of aliphatic hydroxyl groups excluding tert-OH is 1. The van der Waals surface area contributed by atoms with Gasteiger partial charge in [-0.1, -0.05) is 30.3 Å². The lowest BCUT2D eigenvalue weighted by atomic mass is 10.0. The van der Waals surface area contributed by atoms with Crippen LogP contribution in [-0.2, 0) is 0 Å². The molecule has 1 unspecified atom stereocenters. The number of hydrogen-bond acceptors (Lipinski definition) is 10. The first-order chi connectivity index (χ1) is 37.0. The van der Waals surface area contributed by atoms with Crippen LogP contribution >= 0.6 is 0 Å². The Kier molecular flexibility index (Phi) is 15.3. The molecule has 2 fully saturated rings. The third-order valence-corrected chi connectivity index (χ3v) is 12.7. The van der Waals surface area contributed by atoms with Crippen LogP contribution in [0.15, 0.2) is 97.3 Å². The molecule has 4 aromatic carbocycles. The third kappa shape index (κ3) is 12.4.